The van der Waals surface area contributed by atoms with Gasteiger partial charge in [-0.1, -0.05) is 6.07 Å². The van der Waals surface area contributed by atoms with Crippen molar-refractivity contribution < 1.29 is 4.79 Å². The lowest BCUT2D eigenvalue weighted by atomic mass is 10.1. The van der Waals surface area contributed by atoms with Crippen LogP contribution in [-0.4, -0.2) is 10.5 Å². The number of benzene rings is 1. The van der Waals surface area contributed by atoms with Gasteiger partial charge in [0.2, 0.25) is 5.91 Å². The maximum Gasteiger partial charge on any atom is 0.249 e. The lowest BCUT2D eigenvalue weighted by molar-refractivity contribution is 0.100. The van der Waals surface area contributed by atoms with Crippen molar-refractivity contribution in [3.63, 3.8) is 0 Å². The van der Waals surface area contributed by atoms with E-state index in [-0.39, 0.29) is 5.91 Å². The zero-order valence-electron chi connectivity index (χ0n) is 9.82. The number of nitrogens with two attached hydrogens (primary N) is 1. The normalized spacial score (nSPS) is 11.2. The van der Waals surface area contributed by atoms with Gasteiger partial charge < -0.3 is 10.3 Å². The van der Waals surface area contributed by atoms with Crippen LogP contribution in [0.3, 0.4) is 0 Å². The Kier molecular flexibility index (Phi) is 2.46. The third-order valence-corrected chi connectivity index (χ3v) is 2.86. The minimum Gasteiger partial charge on any atom is -0.366 e. The molecule has 1 aromatic heterocycles. The number of nitrogens with zero attached hydrogens (tertiary/aromatic N) is 1. The van der Waals surface area contributed by atoms with Crippen molar-refractivity contribution in [2.75, 3.05) is 0 Å². The van der Waals surface area contributed by atoms with E-state index >= 15 is 0 Å². The van der Waals surface area contributed by atoms with Crippen molar-refractivity contribution in [1.82, 2.24) is 4.57 Å². The Balaban J connectivity index is 2.83. The van der Waals surface area contributed by atoms with Gasteiger partial charge in [0.25, 0.3) is 0 Å². The van der Waals surface area contributed by atoms with E-state index in [1.54, 1.807) is 6.07 Å². The van der Waals surface area contributed by atoms with Crippen LogP contribution in [0.4, 0.5) is 0 Å². The molecule has 0 unspecified atom stereocenters. The van der Waals surface area contributed by atoms with E-state index in [4.69, 9.17) is 5.73 Å². The smallest absolute Gasteiger partial charge is 0.249 e. The summed E-state index contributed by atoms with van der Waals surface area (Å²) in [6.45, 7) is 6.30. The van der Waals surface area contributed by atoms with Crippen molar-refractivity contribution >= 4 is 16.8 Å². The van der Waals surface area contributed by atoms with E-state index in [0.29, 0.717) is 11.6 Å². The Morgan fingerprint density at radius 3 is 2.62 bits per heavy atom. The van der Waals surface area contributed by atoms with Crippen LogP contribution in [0.15, 0.2) is 24.3 Å². The highest BCUT2D eigenvalue weighted by Crippen LogP contribution is 2.26. The van der Waals surface area contributed by atoms with E-state index in [9.17, 15) is 4.79 Å². The van der Waals surface area contributed by atoms with Crippen molar-refractivity contribution in [3.05, 3.63) is 35.5 Å². The van der Waals surface area contributed by atoms with E-state index in [2.05, 4.69) is 18.4 Å². The van der Waals surface area contributed by atoms with E-state index in [1.807, 2.05) is 25.1 Å². The first-order valence-corrected chi connectivity index (χ1v) is 5.42. The van der Waals surface area contributed by atoms with Crippen LogP contribution in [0.1, 0.15) is 35.9 Å². The predicted molar refractivity (Wildman–Crippen MR) is 65.6 cm³/mol. The van der Waals surface area contributed by atoms with Crippen molar-refractivity contribution in [3.8, 4) is 0 Å². The number of amides is 1. The van der Waals surface area contributed by atoms with Crippen molar-refractivity contribution in [1.29, 1.82) is 0 Å². The van der Waals surface area contributed by atoms with Gasteiger partial charge in [0.1, 0.15) is 0 Å². The molecule has 2 aromatic rings. The summed E-state index contributed by atoms with van der Waals surface area (Å²) in [7, 11) is 0. The molecule has 0 saturated heterocycles. The molecule has 0 bridgehead atoms. The number of aryl methyl sites for hydroxylation is 1. The molecule has 3 nitrogen and oxygen atoms in total. The van der Waals surface area contributed by atoms with Crippen LogP contribution in [0, 0.1) is 6.92 Å². The highest BCUT2D eigenvalue weighted by molar-refractivity contribution is 6.06. The summed E-state index contributed by atoms with van der Waals surface area (Å²) in [6, 6.07) is 8.07. The zero-order valence-corrected chi connectivity index (χ0v) is 9.82. The van der Waals surface area contributed by atoms with Gasteiger partial charge in [-0.25, -0.2) is 0 Å². The summed E-state index contributed by atoms with van der Waals surface area (Å²) in [5.41, 5.74) is 8.19. The van der Waals surface area contributed by atoms with E-state index < -0.39 is 0 Å². The lowest BCUT2D eigenvalue weighted by Gasteiger charge is -2.12. The van der Waals surface area contributed by atoms with Gasteiger partial charge in [0.05, 0.1) is 0 Å². The molecule has 16 heavy (non-hydrogen) atoms. The highest BCUT2D eigenvalue weighted by Gasteiger charge is 2.13. The fourth-order valence-electron chi connectivity index (χ4n) is 2.28. The molecular weight excluding hydrogens is 200 g/mol. The first kappa shape index (κ1) is 10.7. The number of primary amides is 1. The number of rotatable bonds is 2. The third-order valence-electron chi connectivity index (χ3n) is 2.86. The Bertz CT molecular complexity index is 552. The Hall–Kier alpha value is -1.77. The molecule has 2 N–H and O–H groups in total. The minimum absolute atomic E-state index is 0.369. The molecule has 0 radical (unpaired) electrons. The monoisotopic (exact) mass is 216 g/mol. The number of hydrogen-bond donors (Lipinski definition) is 1. The fourth-order valence-corrected chi connectivity index (χ4v) is 2.28. The fraction of sp³-hybridized carbons (Fsp3) is 0.308. The Morgan fingerprint density at radius 1 is 1.38 bits per heavy atom. The topological polar surface area (TPSA) is 48.0 Å². The van der Waals surface area contributed by atoms with Crippen LogP contribution in [0.25, 0.3) is 10.9 Å². The molecule has 0 atom stereocenters. The van der Waals surface area contributed by atoms with Crippen LogP contribution in [0.5, 0.6) is 0 Å². The second-order valence-electron chi connectivity index (χ2n) is 4.35. The van der Waals surface area contributed by atoms with Gasteiger partial charge in [-0.05, 0) is 39.0 Å². The first-order valence-electron chi connectivity index (χ1n) is 5.42. The van der Waals surface area contributed by atoms with Gasteiger partial charge >= 0.3 is 0 Å². The average Bonchev–Trinajstić information content (AvgIpc) is 2.52. The maximum absolute atomic E-state index is 11.3. The molecule has 1 aromatic carbocycles. The van der Waals surface area contributed by atoms with Crippen LogP contribution in [0.2, 0.25) is 0 Å². The largest absolute Gasteiger partial charge is 0.366 e. The average molecular weight is 216 g/mol. The summed E-state index contributed by atoms with van der Waals surface area (Å²) >= 11 is 0. The molecule has 1 amide bonds. The highest BCUT2D eigenvalue weighted by atomic mass is 16.1. The molecule has 0 fully saturated rings. The number of fused-ring (bicyclic) bond motifs is 1. The number of carbonyl (C=O) groups excluding carboxylic acids is 1. The molecule has 0 aliphatic heterocycles. The first-order chi connectivity index (χ1) is 7.52. The minimum atomic E-state index is -0.369. The van der Waals surface area contributed by atoms with Gasteiger partial charge in [0, 0.05) is 28.2 Å². The summed E-state index contributed by atoms with van der Waals surface area (Å²) in [5.74, 6) is -0.369. The van der Waals surface area contributed by atoms with E-state index in [1.165, 1.54) is 0 Å². The van der Waals surface area contributed by atoms with Gasteiger partial charge in [0.15, 0.2) is 0 Å². The van der Waals surface area contributed by atoms with Crippen LogP contribution >= 0.6 is 0 Å². The van der Waals surface area contributed by atoms with Crippen LogP contribution in [-0.2, 0) is 0 Å². The molecule has 0 saturated carbocycles. The SMILES string of the molecule is Cc1cc2c(C(N)=O)cccc2n1C(C)C. The molecule has 0 aliphatic carbocycles. The molecule has 0 spiro atoms. The molecule has 1 heterocycles. The summed E-state index contributed by atoms with van der Waals surface area (Å²) in [4.78, 5) is 11.3. The molecule has 84 valence electrons. The van der Waals surface area contributed by atoms with Crippen molar-refractivity contribution in [2.24, 2.45) is 5.73 Å². The third kappa shape index (κ3) is 1.48. The number of aromatic nitrogens is 1. The quantitative estimate of drug-likeness (QED) is 0.824. The Labute approximate surface area is 94.9 Å². The standard InChI is InChI=1S/C13H16N2O/c1-8(2)15-9(3)7-11-10(13(14)16)5-4-6-12(11)15/h4-8H,1-3H3,(H2,14,16). The lowest BCUT2D eigenvalue weighted by Crippen LogP contribution is -2.11. The number of hydrogen-bond acceptors (Lipinski definition) is 1. The maximum atomic E-state index is 11.3. The number of carbonyl (C=O) groups is 1. The van der Waals surface area contributed by atoms with Gasteiger partial charge in [-0.3, -0.25) is 4.79 Å². The van der Waals surface area contributed by atoms with Crippen LogP contribution < -0.4 is 5.73 Å². The molecular formula is C13H16N2O. The van der Waals surface area contributed by atoms with Gasteiger partial charge in [-0.2, -0.15) is 0 Å². The Morgan fingerprint density at radius 2 is 2.06 bits per heavy atom. The second kappa shape index (κ2) is 3.67. The molecule has 3 heteroatoms. The molecule has 2 rings (SSSR count). The summed E-state index contributed by atoms with van der Waals surface area (Å²) in [5, 5.41) is 0.946. The summed E-state index contributed by atoms with van der Waals surface area (Å²) < 4.78 is 2.21. The zero-order chi connectivity index (χ0) is 11.9. The molecule has 0 aliphatic rings. The predicted octanol–water partition coefficient (Wildman–Crippen LogP) is 2.63. The summed E-state index contributed by atoms with van der Waals surface area (Å²) in [6.07, 6.45) is 0. The van der Waals surface area contributed by atoms with Crippen molar-refractivity contribution in [2.45, 2.75) is 26.8 Å². The van der Waals surface area contributed by atoms with E-state index in [0.717, 1.165) is 16.6 Å². The second-order valence-corrected chi connectivity index (χ2v) is 4.35. The van der Waals surface area contributed by atoms with Gasteiger partial charge in [-0.15, -0.1) is 0 Å².